The fourth-order valence-corrected chi connectivity index (χ4v) is 2.93. The Morgan fingerprint density at radius 2 is 1.85 bits per heavy atom. The third-order valence-electron chi connectivity index (χ3n) is 3.64. The first kappa shape index (κ1) is 20.5. The van der Waals surface area contributed by atoms with Crippen molar-refractivity contribution in [3.63, 3.8) is 0 Å². The quantitative estimate of drug-likeness (QED) is 0.490. The summed E-state index contributed by atoms with van der Waals surface area (Å²) in [5, 5.41) is 11.5. The van der Waals surface area contributed by atoms with Crippen LogP contribution in [-0.4, -0.2) is 35.1 Å². The molecule has 0 amide bonds. The number of methoxy groups -OCH3 is 2. The minimum absolute atomic E-state index is 0.0630. The summed E-state index contributed by atoms with van der Waals surface area (Å²) in [4.78, 5) is 4.55. The van der Waals surface area contributed by atoms with E-state index in [1.165, 1.54) is 12.1 Å². The Labute approximate surface area is 159 Å². The van der Waals surface area contributed by atoms with Crippen LogP contribution in [0.15, 0.2) is 52.4 Å². The highest BCUT2D eigenvalue weighted by molar-refractivity contribution is 7.89. The monoisotopic (exact) mass is 392 g/mol. The summed E-state index contributed by atoms with van der Waals surface area (Å²) in [6, 6.07) is 11.8. The lowest BCUT2D eigenvalue weighted by molar-refractivity contribution is 0.355. The first-order valence-corrected chi connectivity index (χ1v) is 9.81. The van der Waals surface area contributed by atoms with Gasteiger partial charge in [-0.3, -0.25) is 0 Å². The number of rotatable bonds is 7. The second-order valence-corrected chi connectivity index (χ2v) is 7.14. The number of nitrogens with two attached hydrogens (primary N) is 1. The van der Waals surface area contributed by atoms with Crippen LogP contribution < -0.4 is 25.2 Å². The topological polar surface area (TPSA) is 115 Å². The Bertz CT molecular complexity index is 913. The Balaban J connectivity index is 2.20. The molecule has 2 aromatic rings. The molecule has 27 heavy (non-hydrogen) atoms. The molecule has 2 aromatic carbocycles. The lowest BCUT2D eigenvalue weighted by Crippen LogP contribution is -2.30. The summed E-state index contributed by atoms with van der Waals surface area (Å²) < 4.78 is 33.5. The van der Waals surface area contributed by atoms with Crippen molar-refractivity contribution in [1.82, 2.24) is 5.32 Å². The molecule has 0 saturated heterocycles. The maximum absolute atomic E-state index is 11.5. The molecular weight excluding hydrogens is 368 g/mol. The zero-order chi connectivity index (χ0) is 19.9. The second kappa shape index (κ2) is 9.24. The van der Waals surface area contributed by atoms with Gasteiger partial charge in [-0.05, 0) is 36.8 Å². The molecule has 8 nitrogen and oxygen atoms in total. The smallest absolute Gasteiger partial charge is 0.238 e. The number of hydrogen-bond donors (Lipinski definition) is 3. The highest BCUT2D eigenvalue weighted by atomic mass is 32.2. The highest BCUT2D eigenvalue weighted by Gasteiger charge is 2.09. The number of benzene rings is 2. The lowest BCUT2D eigenvalue weighted by atomic mass is 10.2. The number of primary sulfonamides is 1. The van der Waals surface area contributed by atoms with Gasteiger partial charge in [0.1, 0.15) is 0 Å². The van der Waals surface area contributed by atoms with Crippen LogP contribution in [0.1, 0.15) is 12.5 Å². The molecule has 146 valence electrons. The summed E-state index contributed by atoms with van der Waals surface area (Å²) >= 11 is 0. The minimum atomic E-state index is -3.74. The summed E-state index contributed by atoms with van der Waals surface area (Å²) in [7, 11) is -0.598. The number of nitrogens with zero attached hydrogens (tertiary/aromatic N) is 1. The fraction of sp³-hybridized carbons (Fsp3) is 0.278. The number of sulfonamides is 1. The summed E-state index contributed by atoms with van der Waals surface area (Å²) in [6.07, 6.45) is 0. The highest BCUT2D eigenvalue weighted by Crippen LogP contribution is 2.29. The van der Waals surface area contributed by atoms with Crippen molar-refractivity contribution in [3.05, 3.63) is 48.0 Å². The molecule has 0 aliphatic rings. The van der Waals surface area contributed by atoms with Crippen molar-refractivity contribution in [2.24, 2.45) is 10.1 Å². The molecule has 0 atom stereocenters. The van der Waals surface area contributed by atoms with E-state index in [1.807, 2.05) is 13.0 Å². The van der Waals surface area contributed by atoms with E-state index in [1.54, 1.807) is 38.5 Å². The van der Waals surface area contributed by atoms with Gasteiger partial charge in [-0.2, -0.15) is 0 Å². The first-order valence-electron chi connectivity index (χ1n) is 8.26. The average Bonchev–Trinajstić information content (AvgIpc) is 2.65. The van der Waals surface area contributed by atoms with Gasteiger partial charge in [-0.1, -0.05) is 12.1 Å². The Morgan fingerprint density at radius 3 is 2.48 bits per heavy atom. The van der Waals surface area contributed by atoms with Crippen LogP contribution in [0.4, 0.5) is 5.69 Å². The molecular formula is C18H24N4O4S. The van der Waals surface area contributed by atoms with E-state index in [0.29, 0.717) is 24.0 Å². The van der Waals surface area contributed by atoms with Crippen LogP contribution in [0.5, 0.6) is 11.5 Å². The van der Waals surface area contributed by atoms with Gasteiger partial charge in [0.25, 0.3) is 0 Å². The third-order valence-corrected chi connectivity index (χ3v) is 4.55. The fourth-order valence-electron chi connectivity index (χ4n) is 2.35. The Kier molecular flexibility index (Phi) is 7.03. The summed E-state index contributed by atoms with van der Waals surface area (Å²) in [5.41, 5.74) is 1.50. The largest absolute Gasteiger partial charge is 0.493 e. The van der Waals surface area contributed by atoms with Crippen LogP contribution in [-0.2, 0) is 16.6 Å². The van der Waals surface area contributed by atoms with Gasteiger partial charge in [0.2, 0.25) is 10.0 Å². The standard InChI is InChI=1S/C18H24N4O4S/c1-4-20-18(22-14-8-9-16(25-2)17(11-14)26-3)21-12-13-6-5-7-15(10-13)27(19,23)24/h5-11H,4,12H2,1-3H3,(H2,19,23,24)(H2,20,21,22). The van der Waals surface area contributed by atoms with Gasteiger partial charge in [-0.25, -0.2) is 18.5 Å². The van der Waals surface area contributed by atoms with Crippen molar-refractivity contribution in [2.75, 3.05) is 26.1 Å². The van der Waals surface area contributed by atoms with Crippen molar-refractivity contribution in [3.8, 4) is 11.5 Å². The molecule has 0 aliphatic heterocycles. The van der Waals surface area contributed by atoms with Crippen LogP contribution in [0.2, 0.25) is 0 Å². The number of guanidine groups is 1. The maximum Gasteiger partial charge on any atom is 0.238 e. The van der Waals surface area contributed by atoms with Crippen molar-refractivity contribution < 1.29 is 17.9 Å². The van der Waals surface area contributed by atoms with E-state index in [0.717, 1.165) is 11.3 Å². The molecule has 0 heterocycles. The molecule has 0 aromatic heterocycles. The van der Waals surface area contributed by atoms with Crippen LogP contribution in [0.25, 0.3) is 0 Å². The summed E-state index contributed by atoms with van der Waals surface area (Å²) in [5.74, 6) is 1.77. The predicted molar refractivity (Wildman–Crippen MR) is 106 cm³/mol. The number of ether oxygens (including phenoxy) is 2. The van der Waals surface area contributed by atoms with Crippen LogP contribution in [0.3, 0.4) is 0 Å². The number of aliphatic imine (C=N–C) groups is 1. The van der Waals surface area contributed by atoms with Gasteiger partial charge in [-0.15, -0.1) is 0 Å². The number of nitrogens with one attached hydrogen (secondary N) is 2. The van der Waals surface area contributed by atoms with E-state index in [4.69, 9.17) is 14.6 Å². The van der Waals surface area contributed by atoms with Gasteiger partial charge in [0, 0.05) is 18.3 Å². The van der Waals surface area contributed by atoms with Gasteiger partial charge in [0.05, 0.1) is 25.7 Å². The zero-order valence-electron chi connectivity index (χ0n) is 15.5. The van der Waals surface area contributed by atoms with Gasteiger partial charge < -0.3 is 20.1 Å². The first-order chi connectivity index (χ1) is 12.9. The van der Waals surface area contributed by atoms with Crippen molar-refractivity contribution >= 4 is 21.7 Å². The second-order valence-electron chi connectivity index (χ2n) is 5.58. The molecule has 0 fully saturated rings. The normalized spacial score (nSPS) is 11.8. The molecule has 4 N–H and O–H groups in total. The van der Waals surface area contributed by atoms with Crippen molar-refractivity contribution in [1.29, 1.82) is 0 Å². The van der Waals surface area contributed by atoms with Gasteiger partial charge in [0.15, 0.2) is 17.5 Å². The molecule has 0 bridgehead atoms. The average molecular weight is 392 g/mol. The van der Waals surface area contributed by atoms with E-state index >= 15 is 0 Å². The third kappa shape index (κ3) is 5.87. The van der Waals surface area contributed by atoms with E-state index in [-0.39, 0.29) is 11.4 Å². The summed E-state index contributed by atoms with van der Waals surface area (Å²) in [6.45, 7) is 2.90. The van der Waals surface area contributed by atoms with E-state index in [2.05, 4.69) is 15.6 Å². The minimum Gasteiger partial charge on any atom is -0.493 e. The molecule has 0 saturated carbocycles. The Hall–Kier alpha value is -2.78. The zero-order valence-corrected chi connectivity index (χ0v) is 16.3. The predicted octanol–water partition coefficient (Wildman–Crippen LogP) is 1.93. The lowest BCUT2D eigenvalue weighted by Gasteiger charge is -2.14. The van der Waals surface area contributed by atoms with Gasteiger partial charge >= 0.3 is 0 Å². The molecule has 0 aliphatic carbocycles. The van der Waals surface area contributed by atoms with E-state index in [9.17, 15) is 8.42 Å². The number of anilines is 1. The maximum atomic E-state index is 11.5. The molecule has 9 heteroatoms. The molecule has 0 spiro atoms. The van der Waals surface area contributed by atoms with Crippen molar-refractivity contribution in [2.45, 2.75) is 18.4 Å². The molecule has 0 radical (unpaired) electrons. The molecule has 0 unspecified atom stereocenters. The van der Waals surface area contributed by atoms with E-state index < -0.39 is 10.0 Å². The van der Waals surface area contributed by atoms with Crippen LogP contribution >= 0.6 is 0 Å². The van der Waals surface area contributed by atoms with Crippen LogP contribution in [0, 0.1) is 0 Å². The Morgan fingerprint density at radius 1 is 1.11 bits per heavy atom. The SMILES string of the molecule is CCNC(=NCc1cccc(S(N)(=O)=O)c1)Nc1ccc(OC)c(OC)c1. The number of hydrogen-bond acceptors (Lipinski definition) is 5. The molecule has 2 rings (SSSR count).